The van der Waals surface area contributed by atoms with Crippen LogP contribution in [0, 0.1) is 6.92 Å². The molecule has 0 heterocycles. The predicted octanol–water partition coefficient (Wildman–Crippen LogP) is 4.62. The zero-order chi connectivity index (χ0) is 14.5. The first-order valence-corrected chi connectivity index (χ1v) is 7.52. The lowest BCUT2D eigenvalue weighted by molar-refractivity contribution is 0.414. The summed E-state index contributed by atoms with van der Waals surface area (Å²) in [5, 5.41) is 3.54. The maximum atomic E-state index is 5.18. The Morgan fingerprint density at radius 1 is 1.15 bits per heavy atom. The van der Waals surface area contributed by atoms with Gasteiger partial charge in [0.15, 0.2) is 0 Å². The summed E-state index contributed by atoms with van der Waals surface area (Å²) in [5.41, 5.74) is 3.80. The molecular formula is C17H20BrNO. The molecular weight excluding hydrogens is 314 g/mol. The van der Waals surface area contributed by atoms with Crippen LogP contribution in [0.4, 0.5) is 0 Å². The first kappa shape index (κ1) is 15.1. The van der Waals surface area contributed by atoms with E-state index in [0.717, 1.165) is 16.8 Å². The highest BCUT2D eigenvalue weighted by Crippen LogP contribution is 2.21. The molecule has 0 aliphatic carbocycles. The van der Waals surface area contributed by atoms with Gasteiger partial charge in [0.2, 0.25) is 0 Å². The Kier molecular flexibility index (Phi) is 5.21. The number of nitrogens with one attached hydrogen (secondary N) is 1. The van der Waals surface area contributed by atoms with Gasteiger partial charge in [0, 0.05) is 17.1 Å². The van der Waals surface area contributed by atoms with E-state index in [1.165, 1.54) is 16.7 Å². The maximum Gasteiger partial charge on any atom is 0.118 e. The molecule has 1 N–H and O–H groups in total. The smallest absolute Gasteiger partial charge is 0.118 e. The molecule has 0 aliphatic heterocycles. The molecule has 106 valence electrons. The van der Waals surface area contributed by atoms with Crippen LogP contribution in [0.25, 0.3) is 0 Å². The van der Waals surface area contributed by atoms with E-state index in [9.17, 15) is 0 Å². The lowest BCUT2D eigenvalue weighted by Gasteiger charge is -2.15. The molecule has 0 fully saturated rings. The normalized spacial score (nSPS) is 12.2. The quantitative estimate of drug-likeness (QED) is 0.862. The van der Waals surface area contributed by atoms with Crippen LogP contribution >= 0.6 is 15.9 Å². The Balaban J connectivity index is 1.98. The number of methoxy groups -OCH3 is 1. The fourth-order valence-electron chi connectivity index (χ4n) is 2.07. The summed E-state index contributed by atoms with van der Waals surface area (Å²) in [6.45, 7) is 5.11. The van der Waals surface area contributed by atoms with E-state index in [2.05, 4.69) is 65.4 Å². The van der Waals surface area contributed by atoms with Crippen molar-refractivity contribution in [2.75, 3.05) is 7.11 Å². The highest BCUT2D eigenvalue weighted by Gasteiger charge is 2.06. The molecule has 0 bridgehead atoms. The van der Waals surface area contributed by atoms with Crippen molar-refractivity contribution in [3.63, 3.8) is 0 Å². The molecule has 0 aromatic heterocycles. The summed E-state index contributed by atoms with van der Waals surface area (Å²) in [7, 11) is 1.69. The van der Waals surface area contributed by atoms with Gasteiger partial charge in [-0.2, -0.15) is 0 Å². The zero-order valence-corrected chi connectivity index (χ0v) is 13.7. The first-order valence-electron chi connectivity index (χ1n) is 6.72. The highest BCUT2D eigenvalue weighted by atomic mass is 79.9. The minimum Gasteiger partial charge on any atom is -0.497 e. The Hall–Kier alpha value is -1.32. The fourth-order valence-corrected chi connectivity index (χ4v) is 2.70. The van der Waals surface area contributed by atoms with E-state index in [1.807, 2.05) is 12.1 Å². The average molecular weight is 334 g/mol. The van der Waals surface area contributed by atoms with E-state index in [1.54, 1.807) is 7.11 Å². The molecule has 0 saturated heterocycles. The summed E-state index contributed by atoms with van der Waals surface area (Å²) in [6, 6.07) is 14.9. The topological polar surface area (TPSA) is 21.3 Å². The van der Waals surface area contributed by atoms with Crippen LogP contribution in [0.2, 0.25) is 0 Å². The Morgan fingerprint density at radius 3 is 2.45 bits per heavy atom. The Bertz CT molecular complexity index is 566. The van der Waals surface area contributed by atoms with E-state index in [0.29, 0.717) is 6.04 Å². The minimum absolute atomic E-state index is 0.300. The molecule has 3 heteroatoms. The molecule has 2 rings (SSSR count). The average Bonchev–Trinajstić information content (AvgIpc) is 2.46. The lowest BCUT2D eigenvalue weighted by Crippen LogP contribution is -2.18. The zero-order valence-electron chi connectivity index (χ0n) is 12.1. The van der Waals surface area contributed by atoms with Crippen LogP contribution in [0.5, 0.6) is 5.75 Å². The van der Waals surface area contributed by atoms with Crippen LogP contribution in [-0.4, -0.2) is 7.11 Å². The van der Waals surface area contributed by atoms with Gasteiger partial charge in [0.05, 0.1) is 7.11 Å². The molecule has 0 saturated carbocycles. The van der Waals surface area contributed by atoms with Crippen LogP contribution in [0.15, 0.2) is 46.9 Å². The number of aryl methyl sites for hydroxylation is 1. The van der Waals surface area contributed by atoms with Crippen molar-refractivity contribution in [2.24, 2.45) is 0 Å². The summed E-state index contributed by atoms with van der Waals surface area (Å²) in [5.74, 6) is 0.891. The second kappa shape index (κ2) is 6.91. The van der Waals surface area contributed by atoms with Crippen molar-refractivity contribution in [3.05, 3.63) is 63.6 Å². The van der Waals surface area contributed by atoms with Crippen molar-refractivity contribution in [1.82, 2.24) is 5.32 Å². The van der Waals surface area contributed by atoms with Crippen molar-refractivity contribution in [3.8, 4) is 5.75 Å². The van der Waals surface area contributed by atoms with E-state index in [4.69, 9.17) is 4.74 Å². The van der Waals surface area contributed by atoms with E-state index >= 15 is 0 Å². The standard InChI is InChI=1S/C17H20BrNO/c1-12-4-5-15(17(18)10-12)11-19-13(2)14-6-8-16(20-3)9-7-14/h4-10,13,19H,11H2,1-3H3/t13-/m1/s1. The molecule has 2 aromatic rings. The van der Waals surface area contributed by atoms with Gasteiger partial charge in [-0.05, 0) is 48.7 Å². The third-order valence-corrected chi connectivity index (χ3v) is 4.16. The number of ether oxygens (including phenoxy) is 1. The van der Waals surface area contributed by atoms with E-state index in [-0.39, 0.29) is 0 Å². The van der Waals surface area contributed by atoms with Crippen molar-refractivity contribution in [2.45, 2.75) is 26.4 Å². The molecule has 0 aliphatic rings. The molecule has 20 heavy (non-hydrogen) atoms. The molecule has 1 atom stereocenters. The first-order chi connectivity index (χ1) is 9.60. The Morgan fingerprint density at radius 2 is 1.85 bits per heavy atom. The molecule has 2 aromatic carbocycles. The van der Waals surface area contributed by atoms with Crippen molar-refractivity contribution >= 4 is 15.9 Å². The van der Waals surface area contributed by atoms with Crippen molar-refractivity contribution < 1.29 is 4.74 Å². The van der Waals surface area contributed by atoms with Crippen LogP contribution in [-0.2, 0) is 6.54 Å². The second-order valence-electron chi connectivity index (χ2n) is 4.97. The van der Waals surface area contributed by atoms with E-state index < -0.39 is 0 Å². The van der Waals surface area contributed by atoms with Gasteiger partial charge in [-0.25, -0.2) is 0 Å². The number of benzene rings is 2. The van der Waals surface area contributed by atoms with Gasteiger partial charge in [-0.3, -0.25) is 0 Å². The second-order valence-corrected chi connectivity index (χ2v) is 5.82. The molecule has 0 amide bonds. The number of hydrogen-bond donors (Lipinski definition) is 1. The van der Waals surface area contributed by atoms with Crippen molar-refractivity contribution in [1.29, 1.82) is 0 Å². The van der Waals surface area contributed by atoms with Crippen LogP contribution < -0.4 is 10.1 Å². The summed E-state index contributed by atoms with van der Waals surface area (Å²) in [6.07, 6.45) is 0. The predicted molar refractivity (Wildman–Crippen MR) is 87.1 cm³/mol. The summed E-state index contributed by atoms with van der Waals surface area (Å²) >= 11 is 3.62. The molecule has 0 unspecified atom stereocenters. The van der Waals surface area contributed by atoms with Gasteiger partial charge in [-0.15, -0.1) is 0 Å². The molecule has 0 spiro atoms. The summed E-state index contributed by atoms with van der Waals surface area (Å²) in [4.78, 5) is 0. The lowest BCUT2D eigenvalue weighted by atomic mass is 10.1. The molecule has 0 radical (unpaired) electrons. The third-order valence-electron chi connectivity index (χ3n) is 3.42. The number of halogens is 1. The largest absolute Gasteiger partial charge is 0.497 e. The third kappa shape index (κ3) is 3.84. The fraction of sp³-hybridized carbons (Fsp3) is 0.294. The highest BCUT2D eigenvalue weighted by molar-refractivity contribution is 9.10. The van der Waals surface area contributed by atoms with Crippen LogP contribution in [0.3, 0.4) is 0 Å². The maximum absolute atomic E-state index is 5.18. The summed E-state index contributed by atoms with van der Waals surface area (Å²) < 4.78 is 6.34. The van der Waals surface area contributed by atoms with Gasteiger partial charge in [0.1, 0.15) is 5.75 Å². The van der Waals surface area contributed by atoms with Gasteiger partial charge < -0.3 is 10.1 Å². The van der Waals surface area contributed by atoms with Crippen LogP contribution in [0.1, 0.15) is 29.7 Å². The van der Waals surface area contributed by atoms with Gasteiger partial charge in [0.25, 0.3) is 0 Å². The number of rotatable bonds is 5. The van der Waals surface area contributed by atoms with Gasteiger partial charge >= 0.3 is 0 Å². The minimum atomic E-state index is 0.300. The van der Waals surface area contributed by atoms with Gasteiger partial charge in [-0.1, -0.05) is 40.2 Å². The monoisotopic (exact) mass is 333 g/mol. The number of hydrogen-bond acceptors (Lipinski definition) is 2. The molecule has 2 nitrogen and oxygen atoms in total. The SMILES string of the molecule is COc1ccc([C@@H](C)NCc2ccc(C)cc2Br)cc1. The Labute approximate surface area is 129 Å².